The number of nitrogens with zero attached hydrogens (tertiary/aromatic N) is 3. The van der Waals surface area contributed by atoms with E-state index in [9.17, 15) is 4.79 Å². The number of thioether (sulfide) groups is 1. The van der Waals surface area contributed by atoms with E-state index in [4.69, 9.17) is 0 Å². The van der Waals surface area contributed by atoms with Gasteiger partial charge in [0.25, 0.3) is 0 Å². The zero-order chi connectivity index (χ0) is 18.1. The molecule has 1 aliphatic rings. The van der Waals surface area contributed by atoms with E-state index in [0.717, 1.165) is 54.2 Å². The Morgan fingerprint density at radius 2 is 2.24 bits per heavy atom. The number of hydrogen-bond acceptors (Lipinski definition) is 6. The summed E-state index contributed by atoms with van der Waals surface area (Å²) in [5.41, 5.74) is 0. The monoisotopic (exact) mass is 384 g/mol. The zero-order valence-electron chi connectivity index (χ0n) is 15.8. The van der Waals surface area contributed by atoms with Crippen molar-refractivity contribution in [3.05, 3.63) is 0 Å². The van der Waals surface area contributed by atoms with Crippen molar-refractivity contribution in [2.45, 2.75) is 76.1 Å². The Kier molecular flexibility index (Phi) is 9.03. The number of nitrogens with one attached hydrogen (secondary N) is 1. The van der Waals surface area contributed by atoms with Crippen molar-refractivity contribution in [1.82, 2.24) is 15.1 Å². The Morgan fingerprint density at radius 3 is 3.00 bits per heavy atom. The van der Waals surface area contributed by atoms with Crippen molar-refractivity contribution in [2.75, 3.05) is 24.2 Å². The molecule has 0 spiro atoms. The minimum absolute atomic E-state index is 0.245. The van der Waals surface area contributed by atoms with E-state index in [1.807, 2.05) is 0 Å². The summed E-state index contributed by atoms with van der Waals surface area (Å²) in [7, 11) is 0. The van der Waals surface area contributed by atoms with Crippen molar-refractivity contribution in [2.24, 2.45) is 5.92 Å². The molecule has 5 nitrogen and oxygen atoms in total. The van der Waals surface area contributed by atoms with Crippen LogP contribution in [-0.4, -0.2) is 45.9 Å². The van der Waals surface area contributed by atoms with Crippen LogP contribution < -0.4 is 5.32 Å². The van der Waals surface area contributed by atoms with Crippen LogP contribution in [0.15, 0.2) is 4.34 Å². The number of carbonyl (C=O) groups excluding carboxylic acids is 1. The molecule has 1 aromatic rings. The first-order valence-corrected chi connectivity index (χ1v) is 11.4. The molecule has 0 saturated carbocycles. The van der Waals surface area contributed by atoms with Crippen LogP contribution >= 0.6 is 23.1 Å². The molecule has 0 aromatic carbocycles. The fourth-order valence-electron chi connectivity index (χ4n) is 3.15. The summed E-state index contributed by atoms with van der Waals surface area (Å²) >= 11 is 3.07. The van der Waals surface area contributed by atoms with E-state index >= 15 is 0 Å². The van der Waals surface area contributed by atoms with Gasteiger partial charge in [0.15, 0.2) is 4.34 Å². The summed E-state index contributed by atoms with van der Waals surface area (Å²) < 4.78 is 0.878. The van der Waals surface area contributed by atoms with Crippen molar-refractivity contribution in [3.63, 3.8) is 0 Å². The molecule has 7 heteroatoms. The summed E-state index contributed by atoms with van der Waals surface area (Å²) in [6.07, 6.45) is 8.23. The molecule has 1 amide bonds. The second-order valence-corrected chi connectivity index (χ2v) is 9.09. The van der Waals surface area contributed by atoms with E-state index in [-0.39, 0.29) is 5.91 Å². The molecule has 1 saturated heterocycles. The molecule has 2 heterocycles. The van der Waals surface area contributed by atoms with Crippen LogP contribution in [0, 0.1) is 5.92 Å². The molecule has 2 rings (SSSR count). The van der Waals surface area contributed by atoms with E-state index in [1.54, 1.807) is 11.3 Å². The number of carbonyl (C=O) groups is 1. The number of amides is 1. The zero-order valence-corrected chi connectivity index (χ0v) is 17.4. The molecule has 0 unspecified atom stereocenters. The first kappa shape index (κ1) is 20.5. The number of piperidine rings is 1. The van der Waals surface area contributed by atoms with Gasteiger partial charge in [0.1, 0.15) is 0 Å². The lowest BCUT2D eigenvalue weighted by molar-refractivity contribution is -0.132. The molecule has 142 valence electrons. The minimum Gasteiger partial charge on any atom is -0.360 e. The number of hydrogen-bond donors (Lipinski definition) is 1. The molecular formula is C18H32N4OS2. The molecule has 1 fully saturated rings. The summed E-state index contributed by atoms with van der Waals surface area (Å²) in [5.74, 6) is 1.50. The Labute approximate surface area is 160 Å². The molecule has 1 aliphatic heterocycles. The Bertz CT molecular complexity index is 523. The van der Waals surface area contributed by atoms with E-state index in [0.29, 0.717) is 11.8 Å². The third-order valence-corrected chi connectivity index (χ3v) is 6.99. The summed E-state index contributed by atoms with van der Waals surface area (Å²) in [5, 5.41) is 12.6. The second-order valence-electron chi connectivity index (χ2n) is 6.89. The van der Waals surface area contributed by atoms with Gasteiger partial charge in [-0.15, -0.1) is 10.2 Å². The van der Waals surface area contributed by atoms with Crippen LogP contribution in [-0.2, 0) is 4.79 Å². The smallest absolute Gasteiger partial charge is 0.233 e. The van der Waals surface area contributed by atoms with Crippen LogP contribution in [0.2, 0.25) is 0 Å². The van der Waals surface area contributed by atoms with Gasteiger partial charge < -0.3 is 10.2 Å². The molecule has 0 radical (unpaired) electrons. The Balaban J connectivity index is 1.70. The van der Waals surface area contributed by atoms with Crippen molar-refractivity contribution >= 4 is 34.1 Å². The topological polar surface area (TPSA) is 58.1 Å². The van der Waals surface area contributed by atoms with Gasteiger partial charge in [-0.1, -0.05) is 50.3 Å². The fraction of sp³-hybridized carbons (Fsp3) is 0.833. The van der Waals surface area contributed by atoms with Gasteiger partial charge in [0, 0.05) is 19.1 Å². The van der Waals surface area contributed by atoms with Gasteiger partial charge >= 0.3 is 0 Å². The molecule has 1 N–H and O–H groups in total. The predicted octanol–water partition coefficient (Wildman–Crippen LogP) is 4.66. The standard InChI is InChI=1S/C18H32N4OS2/c1-4-14(3)9-8-11-19-17-20-21-18(25-17)24-13-16(23)22-12-7-6-10-15(22)5-2/h14-15H,4-13H2,1-3H3,(H,19,20)/t14-,15+/m0/s1. The maximum Gasteiger partial charge on any atom is 0.233 e. The van der Waals surface area contributed by atoms with Crippen LogP contribution in [0.3, 0.4) is 0 Å². The first-order valence-electron chi connectivity index (χ1n) is 9.63. The third-order valence-electron chi connectivity index (χ3n) is 4.99. The van der Waals surface area contributed by atoms with Crippen molar-refractivity contribution < 1.29 is 4.79 Å². The number of likely N-dealkylation sites (tertiary alicyclic amines) is 1. The van der Waals surface area contributed by atoms with Gasteiger partial charge in [0.2, 0.25) is 11.0 Å². The lowest BCUT2D eigenvalue weighted by Crippen LogP contribution is -2.44. The van der Waals surface area contributed by atoms with Gasteiger partial charge in [-0.05, 0) is 44.4 Å². The molecule has 2 atom stereocenters. The van der Waals surface area contributed by atoms with Crippen molar-refractivity contribution in [1.29, 1.82) is 0 Å². The number of rotatable bonds is 10. The number of anilines is 1. The van der Waals surface area contributed by atoms with Crippen LogP contribution in [0.5, 0.6) is 0 Å². The molecule has 25 heavy (non-hydrogen) atoms. The molecule has 0 bridgehead atoms. The SMILES string of the molecule is CC[C@H](C)CCCNc1nnc(SCC(=O)N2CCCC[C@H]2CC)s1. The van der Waals surface area contributed by atoms with E-state index < -0.39 is 0 Å². The summed E-state index contributed by atoms with van der Waals surface area (Å²) in [4.78, 5) is 14.6. The normalized spacial score (nSPS) is 19.0. The first-order chi connectivity index (χ1) is 12.1. The minimum atomic E-state index is 0.245. The quantitative estimate of drug-likeness (QED) is 0.470. The van der Waals surface area contributed by atoms with Crippen LogP contribution in [0.4, 0.5) is 5.13 Å². The van der Waals surface area contributed by atoms with Gasteiger partial charge in [0.05, 0.1) is 5.75 Å². The second kappa shape index (κ2) is 11.0. The average molecular weight is 385 g/mol. The lowest BCUT2D eigenvalue weighted by Gasteiger charge is -2.35. The summed E-state index contributed by atoms with van der Waals surface area (Å²) in [6, 6.07) is 0.430. The lowest BCUT2D eigenvalue weighted by atomic mass is 10.0. The molecule has 0 aliphatic carbocycles. The maximum absolute atomic E-state index is 12.5. The van der Waals surface area contributed by atoms with Crippen LogP contribution in [0.1, 0.15) is 65.7 Å². The van der Waals surface area contributed by atoms with E-state index in [2.05, 4.69) is 41.2 Å². The maximum atomic E-state index is 12.5. The van der Waals surface area contributed by atoms with Gasteiger partial charge in [-0.2, -0.15) is 0 Å². The highest BCUT2D eigenvalue weighted by Gasteiger charge is 2.25. The van der Waals surface area contributed by atoms with Crippen molar-refractivity contribution in [3.8, 4) is 0 Å². The highest BCUT2D eigenvalue weighted by molar-refractivity contribution is 8.01. The predicted molar refractivity (Wildman–Crippen MR) is 107 cm³/mol. The van der Waals surface area contributed by atoms with Gasteiger partial charge in [-0.3, -0.25) is 4.79 Å². The number of aromatic nitrogens is 2. The Morgan fingerprint density at radius 1 is 1.40 bits per heavy atom. The average Bonchev–Trinajstić information content (AvgIpc) is 3.10. The Hall–Kier alpha value is -0.820. The highest BCUT2D eigenvalue weighted by Crippen LogP contribution is 2.27. The summed E-state index contributed by atoms with van der Waals surface area (Å²) in [6.45, 7) is 8.56. The highest BCUT2D eigenvalue weighted by atomic mass is 32.2. The largest absolute Gasteiger partial charge is 0.360 e. The molecule has 1 aromatic heterocycles. The van der Waals surface area contributed by atoms with E-state index in [1.165, 1.54) is 31.0 Å². The molecular weight excluding hydrogens is 352 g/mol. The van der Waals surface area contributed by atoms with Gasteiger partial charge in [-0.25, -0.2) is 0 Å². The third kappa shape index (κ3) is 6.77. The fourth-order valence-corrected chi connectivity index (χ4v) is 4.81. The van der Waals surface area contributed by atoms with Crippen LogP contribution in [0.25, 0.3) is 0 Å².